The summed E-state index contributed by atoms with van der Waals surface area (Å²) in [5.41, 5.74) is 1.93. The molecule has 0 aliphatic carbocycles. The Hall–Kier alpha value is -2.49. The van der Waals surface area contributed by atoms with Crippen LogP contribution in [-0.2, 0) is 0 Å². The maximum absolute atomic E-state index is 10.8. The Morgan fingerprint density at radius 2 is 1.75 bits per heavy atom. The summed E-state index contributed by atoms with van der Waals surface area (Å²) >= 11 is 0. The molecular formula is C16H17NO3. The van der Waals surface area contributed by atoms with Crippen LogP contribution in [0.3, 0.4) is 0 Å². The number of para-hydroxylation sites is 2. The van der Waals surface area contributed by atoms with Gasteiger partial charge in [0.1, 0.15) is 5.75 Å². The van der Waals surface area contributed by atoms with Gasteiger partial charge in [0, 0.05) is 5.69 Å². The van der Waals surface area contributed by atoms with Gasteiger partial charge in [-0.15, -0.1) is 0 Å². The van der Waals surface area contributed by atoms with Crippen molar-refractivity contribution < 1.29 is 14.6 Å². The molecule has 0 bridgehead atoms. The number of carbonyl (C=O) groups is 1. The smallest absolute Gasteiger partial charge is 0.335 e. The van der Waals surface area contributed by atoms with Crippen LogP contribution < -0.4 is 10.1 Å². The highest BCUT2D eigenvalue weighted by Crippen LogP contribution is 2.28. The second-order valence-electron chi connectivity index (χ2n) is 4.67. The minimum absolute atomic E-state index is 0.0901. The van der Waals surface area contributed by atoms with Crippen molar-refractivity contribution in [1.82, 2.24) is 0 Å². The Morgan fingerprint density at radius 3 is 2.35 bits per heavy atom. The molecule has 104 valence electrons. The number of benzene rings is 2. The van der Waals surface area contributed by atoms with Crippen molar-refractivity contribution in [3.8, 4) is 5.75 Å². The summed E-state index contributed by atoms with van der Waals surface area (Å²) in [7, 11) is 0. The van der Waals surface area contributed by atoms with Gasteiger partial charge in [0.05, 0.1) is 17.4 Å². The van der Waals surface area contributed by atoms with Gasteiger partial charge in [0.25, 0.3) is 0 Å². The van der Waals surface area contributed by atoms with Gasteiger partial charge in [0.15, 0.2) is 0 Å². The van der Waals surface area contributed by atoms with E-state index in [2.05, 4.69) is 5.32 Å². The van der Waals surface area contributed by atoms with E-state index < -0.39 is 5.97 Å². The molecule has 0 aliphatic rings. The molecule has 0 fully saturated rings. The zero-order valence-electron chi connectivity index (χ0n) is 11.5. The van der Waals surface area contributed by atoms with Gasteiger partial charge in [-0.3, -0.25) is 0 Å². The lowest BCUT2D eigenvalue weighted by atomic mass is 10.2. The molecule has 4 nitrogen and oxygen atoms in total. The lowest BCUT2D eigenvalue weighted by molar-refractivity contribution is 0.0697. The van der Waals surface area contributed by atoms with Gasteiger partial charge in [-0.05, 0) is 50.2 Å². The number of anilines is 2. The fourth-order valence-corrected chi connectivity index (χ4v) is 1.78. The Labute approximate surface area is 118 Å². The average Bonchev–Trinajstić information content (AvgIpc) is 2.41. The predicted octanol–water partition coefficient (Wildman–Crippen LogP) is 3.92. The Bertz CT molecular complexity index is 591. The molecule has 4 heteroatoms. The van der Waals surface area contributed by atoms with E-state index in [1.165, 1.54) is 0 Å². The van der Waals surface area contributed by atoms with Crippen LogP contribution in [0.4, 0.5) is 11.4 Å². The maximum atomic E-state index is 10.8. The fraction of sp³-hybridized carbons (Fsp3) is 0.188. The van der Waals surface area contributed by atoms with Crippen LogP contribution in [0.1, 0.15) is 24.2 Å². The molecule has 2 aromatic carbocycles. The van der Waals surface area contributed by atoms with Crippen molar-refractivity contribution in [2.24, 2.45) is 0 Å². The highest BCUT2D eigenvalue weighted by molar-refractivity contribution is 5.88. The normalized spacial score (nSPS) is 10.3. The van der Waals surface area contributed by atoms with Gasteiger partial charge in [-0.25, -0.2) is 4.79 Å². The van der Waals surface area contributed by atoms with E-state index in [1.807, 2.05) is 38.1 Å². The summed E-state index contributed by atoms with van der Waals surface area (Å²) in [6.07, 6.45) is 0.0901. The molecule has 0 spiro atoms. The van der Waals surface area contributed by atoms with Crippen LogP contribution in [-0.4, -0.2) is 17.2 Å². The second-order valence-corrected chi connectivity index (χ2v) is 4.67. The first kappa shape index (κ1) is 13.9. The zero-order valence-corrected chi connectivity index (χ0v) is 11.5. The molecular weight excluding hydrogens is 254 g/mol. The summed E-state index contributed by atoms with van der Waals surface area (Å²) < 4.78 is 5.72. The topological polar surface area (TPSA) is 58.6 Å². The summed E-state index contributed by atoms with van der Waals surface area (Å²) in [5.74, 6) is -0.162. The molecule has 0 saturated heterocycles. The lowest BCUT2D eigenvalue weighted by Gasteiger charge is -2.15. The first-order chi connectivity index (χ1) is 9.56. The van der Waals surface area contributed by atoms with Crippen molar-refractivity contribution in [3.63, 3.8) is 0 Å². The van der Waals surface area contributed by atoms with E-state index in [-0.39, 0.29) is 11.7 Å². The third-order valence-corrected chi connectivity index (χ3v) is 2.66. The second kappa shape index (κ2) is 6.10. The lowest BCUT2D eigenvalue weighted by Crippen LogP contribution is -2.07. The molecule has 20 heavy (non-hydrogen) atoms. The molecule has 2 rings (SSSR count). The van der Waals surface area contributed by atoms with E-state index in [0.29, 0.717) is 0 Å². The van der Waals surface area contributed by atoms with Crippen LogP contribution in [0, 0.1) is 0 Å². The van der Waals surface area contributed by atoms with Gasteiger partial charge >= 0.3 is 5.97 Å². The largest absolute Gasteiger partial charge is 0.489 e. The number of rotatable bonds is 5. The third-order valence-electron chi connectivity index (χ3n) is 2.66. The highest BCUT2D eigenvalue weighted by atomic mass is 16.5. The van der Waals surface area contributed by atoms with Crippen molar-refractivity contribution >= 4 is 17.3 Å². The Balaban J connectivity index is 2.19. The summed E-state index contributed by atoms with van der Waals surface area (Å²) in [6.45, 7) is 3.94. The predicted molar refractivity (Wildman–Crippen MR) is 78.9 cm³/mol. The van der Waals surface area contributed by atoms with Gasteiger partial charge in [-0.1, -0.05) is 12.1 Å². The maximum Gasteiger partial charge on any atom is 0.335 e. The van der Waals surface area contributed by atoms with E-state index >= 15 is 0 Å². The monoisotopic (exact) mass is 271 g/mol. The Morgan fingerprint density at radius 1 is 1.10 bits per heavy atom. The summed E-state index contributed by atoms with van der Waals surface area (Å²) in [4.78, 5) is 10.8. The number of nitrogens with one attached hydrogen (secondary N) is 1. The SMILES string of the molecule is CC(C)Oc1ccccc1Nc1ccc(C(=O)O)cc1. The van der Waals surface area contributed by atoms with Crippen LogP contribution in [0.2, 0.25) is 0 Å². The van der Waals surface area contributed by atoms with Gasteiger partial charge in [-0.2, -0.15) is 0 Å². The minimum atomic E-state index is -0.930. The molecule has 0 amide bonds. The number of aromatic carboxylic acids is 1. The van der Waals surface area contributed by atoms with Crippen molar-refractivity contribution in [3.05, 3.63) is 54.1 Å². The molecule has 2 aromatic rings. The van der Waals surface area contributed by atoms with E-state index in [4.69, 9.17) is 9.84 Å². The summed E-state index contributed by atoms with van der Waals surface area (Å²) in [6, 6.07) is 14.2. The molecule has 0 heterocycles. The van der Waals surface area contributed by atoms with Crippen LogP contribution in [0.5, 0.6) is 5.75 Å². The quantitative estimate of drug-likeness (QED) is 0.865. The number of carboxylic acids is 1. The van der Waals surface area contributed by atoms with E-state index in [0.717, 1.165) is 17.1 Å². The number of ether oxygens (including phenoxy) is 1. The standard InChI is InChI=1S/C16H17NO3/c1-11(2)20-15-6-4-3-5-14(15)17-13-9-7-12(8-10-13)16(18)19/h3-11,17H,1-2H3,(H,18,19). The molecule has 0 unspecified atom stereocenters. The van der Waals surface area contributed by atoms with Crippen molar-refractivity contribution in [2.75, 3.05) is 5.32 Å². The molecule has 0 aliphatic heterocycles. The van der Waals surface area contributed by atoms with Gasteiger partial charge < -0.3 is 15.2 Å². The van der Waals surface area contributed by atoms with Crippen molar-refractivity contribution in [2.45, 2.75) is 20.0 Å². The van der Waals surface area contributed by atoms with Crippen LogP contribution in [0.15, 0.2) is 48.5 Å². The third kappa shape index (κ3) is 3.51. The minimum Gasteiger partial charge on any atom is -0.489 e. The molecule has 0 radical (unpaired) electrons. The van der Waals surface area contributed by atoms with E-state index in [9.17, 15) is 4.79 Å². The Kier molecular flexibility index (Phi) is 4.25. The molecule has 0 aromatic heterocycles. The first-order valence-corrected chi connectivity index (χ1v) is 6.42. The summed E-state index contributed by atoms with van der Waals surface area (Å²) in [5, 5.41) is 12.1. The number of carboxylic acid groups (broad SMARTS) is 1. The number of hydrogen-bond acceptors (Lipinski definition) is 3. The van der Waals surface area contributed by atoms with Crippen LogP contribution in [0.25, 0.3) is 0 Å². The molecule has 0 saturated carbocycles. The van der Waals surface area contributed by atoms with Crippen molar-refractivity contribution in [1.29, 1.82) is 0 Å². The fourth-order valence-electron chi connectivity index (χ4n) is 1.78. The molecule has 2 N–H and O–H groups in total. The highest BCUT2D eigenvalue weighted by Gasteiger charge is 2.06. The first-order valence-electron chi connectivity index (χ1n) is 6.42. The van der Waals surface area contributed by atoms with Crippen LogP contribution >= 0.6 is 0 Å². The zero-order chi connectivity index (χ0) is 14.5. The van der Waals surface area contributed by atoms with E-state index in [1.54, 1.807) is 24.3 Å². The van der Waals surface area contributed by atoms with Gasteiger partial charge in [0.2, 0.25) is 0 Å². The molecule has 0 atom stereocenters. The average molecular weight is 271 g/mol. The number of hydrogen-bond donors (Lipinski definition) is 2.